The second-order valence-corrected chi connectivity index (χ2v) is 12.6. The van der Waals surface area contributed by atoms with Crippen LogP contribution in [0.2, 0.25) is 0 Å². The average molecular weight is 551 g/mol. The number of nitrogens with zero attached hydrogens (tertiary/aromatic N) is 3. The van der Waals surface area contributed by atoms with Gasteiger partial charge in [-0.1, -0.05) is 23.5 Å². The van der Waals surface area contributed by atoms with Gasteiger partial charge in [-0.3, -0.25) is 9.69 Å². The molecule has 9 nitrogen and oxygen atoms in total. The first kappa shape index (κ1) is 25.9. The Kier molecular flexibility index (Phi) is 6.63. The molecule has 2 amide bonds. The van der Waals surface area contributed by atoms with Gasteiger partial charge in [0.25, 0.3) is 5.19 Å². The topological polar surface area (TPSA) is 93.2 Å². The summed E-state index contributed by atoms with van der Waals surface area (Å²) in [5, 5.41) is 3.47. The molecule has 2 atom stereocenters. The van der Waals surface area contributed by atoms with E-state index in [9.17, 15) is 9.59 Å². The fraction of sp³-hybridized carbons (Fsp3) is 0.483. The molecule has 3 aliphatic rings. The molecule has 2 bridgehead atoms. The Labute approximate surface area is 232 Å². The summed E-state index contributed by atoms with van der Waals surface area (Å²) in [4.78, 5) is 34.5. The van der Waals surface area contributed by atoms with Gasteiger partial charge in [0.1, 0.15) is 29.2 Å². The number of thiazole rings is 1. The first-order chi connectivity index (χ1) is 18.7. The third-order valence-electron chi connectivity index (χ3n) is 7.46. The molecule has 39 heavy (non-hydrogen) atoms. The van der Waals surface area contributed by atoms with Crippen LogP contribution in [0.5, 0.6) is 16.7 Å². The first-order valence-corrected chi connectivity index (χ1v) is 14.3. The van der Waals surface area contributed by atoms with Gasteiger partial charge in [-0.2, -0.15) is 0 Å². The van der Waals surface area contributed by atoms with E-state index < -0.39 is 17.2 Å². The maximum absolute atomic E-state index is 13.3. The number of para-hydroxylation sites is 1. The van der Waals surface area contributed by atoms with Crippen molar-refractivity contribution in [2.45, 2.75) is 63.3 Å². The molecule has 0 radical (unpaired) electrons. The van der Waals surface area contributed by atoms with Crippen molar-refractivity contribution in [3.05, 3.63) is 48.5 Å². The van der Waals surface area contributed by atoms with Gasteiger partial charge in [-0.15, -0.1) is 0 Å². The second kappa shape index (κ2) is 9.98. The lowest BCUT2D eigenvalue weighted by Gasteiger charge is -2.36. The summed E-state index contributed by atoms with van der Waals surface area (Å²) in [7, 11) is 0. The van der Waals surface area contributed by atoms with Crippen LogP contribution in [0, 0.1) is 0 Å². The Balaban J connectivity index is 0.952. The normalized spacial score (nSPS) is 21.7. The van der Waals surface area contributed by atoms with E-state index in [1.165, 1.54) is 11.3 Å². The van der Waals surface area contributed by atoms with Crippen molar-refractivity contribution in [2.75, 3.05) is 26.2 Å². The summed E-state index contributed by atoms with van der Waals surface area (Å²) < 4.78 is 18.4. The Morgan fingerprint density at radius 1 is 1.05 bits per heavy atom. The minimum Gasteiger partial charge on any atom is -0.492 e. The zero-order chi connectivity index (χ0) is 27.2. The summed E-state index contributed by atoms with van der Waals surface area (Å²) in [6, 6.07) is 16.1. The van der Waals surface area contributed by atoms with Gasteiger partial charge in [0.15, 0.2) is 0 Å². The van der Waals surface area contributed by atoms with Crippen LogP contribution >= 0.6 is 11.3 Å². The van der Waals surface area contributed by atoms with Crippen molar-refractivity contribution in [1.29, 1.82) is 0 Å². The third-order valence-corrected chi connectivity index (χ3v) is 8.38. The number of nitrogens with one attached hydrogen (secondary N) is 1. The van der Waals surface area contributed by atoms with E-state index in [0.717, 1.165) is 41.2 Å². The molecule has 2 aromatic carbocycles. The maximum Gasteiger partial charge on any atom is 0.408 e. The van der Waals surface area contributed by atoms with Gasteiger partial charge >= 0.3 is 6.09 Å². The van der Waals surface area contributed by atoms with Crippen LogP contribution in [0.4, 0.5) is 4.79 Å². The molecule has 2 aliphatic heterocycles. The number of hydrogen-bond donors (Lipinski definition) is 1. The zero-order valence-electron chi connectivity index (χ0n) is 22.5. The first-order valence-electron chi connectivity index (χ1n) is 13.5. The number of alkyl carbamates (subject to hydrolysis) is 1. The third kappa shape index (κ3) is 5.67. The number of amides is 2. The summed E-state index contributed by atoms with van der Waals surface area (Å²) >= 11 is 1.52. The Hall–Kier alpha value is -3.37. The number of hydrogen-bond acceptors (Lipinski definition) is 8. The summed E-state index contributed by atoms with van der Waals surface area (Å²) in [5.74, 6) is 1.54. The van der Waals surface area contributed by atoms with Crippen LogP contribution in [0.15, 0.2) is 48.5 Å². The summed E-state index contributed by atoms with van der Waals surface area (Å²) in [6.07, 6.45) is 1.78. The smallest absolute Gasteiger partial charge is 0.408 e. The van der Waals surface area contributed by atoms with Crippen LogP contribution in [-0.4, -0.2) is 76.2 Å². The molecule has 3 aromatic rings. The Morgan fingerprint density at radius 2 is 1.79 bits per heavy atom. The number of rotatable bonds is 8. The fourth-order valence-corrected chi connectivity index (χ4v) is 6.28. The highest BCUT2D eigenvalue weighted by Gasteiger charge is 2.57. The highest BCUT2D eigenvalue weighted by atomic mass is 32.1. The summed E-state index contributed by atoms with van der Waals surface area (Å²) in [5.41, 5.74) is -0.445. The van der Waals surface area contributed by atoms with E-state index in [1.807, 2.05) is 74.2 Å². The lowest BCUT2D eigenvalue weighted by molar-refractivity contribution is -0.137. The van der Waals surface area contributed by atoms with Gasteiger partial charge in [-0.05, 0) is 76.4 Å². The van der Waals surface area contributed by atoms with Crippen molar-refractivity contribution >= 4 is 33.6 Å². The van der Waals surface area contributed by atoms with Crippen LogP contribution in [-0.2, 0) is 9.53 Å². The van der Waals surface area contributed by atoms with Gasteiger partial charge in [0.2, 0.25) is 5.91 Å². The number of carbonyl (C=O) groups is 2. The molecular formula is C29H34N4O5S. The molecule has 10 heteroatoms. The molecule has 1 aliphatic carbocycles. The number of carbonyl (C=O) groups excluding carboxylic acids is 2. The monoisotopic (exact) mass is 550 g/mol. The van der Waals surface area contributed by atoms with E-state index in [-0.39, 0.29) is 11.9 Å². The molecule has 1 aromatic heterocycles. The molecule has 6 rings (SSSR count). The molecule has 0 spiro atoms. The van der Waals surface area contributed by atoms with Crippen LogP contribution in [0.25, 0.3) is 10.2 Å². The minimum absolute atomic E-state index is 0.0323. The largest absolute Gasteiger partial charge is 0.492 e. The van der Waals surface area contributed by atoms with E-state index in [1.54, 1.807) is 0 Å². The highest BCUT2D eigenvalue weighted by Crippen LogP contribution is 2.41. The van der Waals surface area contributed by atoms with Crippen molar-refractivity contribution in [1.82, 2.24) is 20.1 Å². The number of ether oxygens (including phenoxy) is 3. The van der Waals surface area contributed by atoms with E-state index >= 15 is 0 Å². The zero-order valence-corrected chi connectivity index (χ0v) is 23.3. The quantitative estimate of drug-likeness (QED) is 0.430. The van der Waals surface area contributed by atoms with Crippen LogP contribution in [0.3, 0.4) is 0 Å². The van der Waals surface area contributed by atoms with E-state index in [0.29, 0.717) is 37.2 Å². The number of likely N-dealkylation sites (tertiary alicyclic amines) is 2. The number of fused-ring (bicyclic) bond motifs is 3. The van der Waals surface area contributed by atoms with E-state index in [2.05, 4.69) is 15.2 Å². The molecule has 3 heterocycles. The molecule has 1 N–H and O–H groups in total. The SMILES string of the molecule is CC(C)(C)OC(=O)NC1(C(=O)N2CC3C[C@H]2CN3CCOc2ccc(Oc3nc4ccccc4s3)cc2)CC1. The molecule has 1 unspecified atom stereocenters. The number of aromatic nitrogens is 1. The fourth-order valence-electron chi connectivity index (χ4n) is 5.44. The Morgan fingerprint density at radius 3 is 2.46 bits per heavy atom. The average Bonchev–Trinajstić information content (AvgIpc) is 3.21. The van der Waals surface area contributed by atoms with Crippen molar-refractivity contribution in [3.63, 3.8) is 0 Å². The van der Waals surface area contributed by atoms with Gasteiger partial charge in [0, 0.05) is 31.7 Å². The second-order valence-electron chi connectivity index (χ2n) is 11.6. The van der Waals surface area contributed by atoms with Crippen molar-refractivity contribution < 1.29 is 23.8 Å². The lowest BCUT2D eigenvalue weighted by atomic mass is 10.2. The molecule has 1 saturated carbocycles. The predicted molar refractivity (Wildman–Crippen MR) is 148 cm³/mol. The van der Waals surface area contributed by atoms with Gasteiger partial charge in [-0.25, -0.2) is 9.78 Å². The van der Waals surface area contributed by atoms with Crippen LogP contribution in [0.1, 0.15) is 40.0 Å². The van der Waals surface area contributed by atoms with Crippen molar-refractivity contribution in [3.8, 4) is 16.7 Å². The van der Waals surface area contributed by atoms with Crippen molar-refractivity contribution in [2.24, 2.45) is 0 Å². The van der Waals surface area contributed by atoms with Gasteiger partial charge < -0.3 is 24.4 Å². The minimum atomic E-state index is -0.788. The summed E-state index contributed by atoms with van der Waals surface area (Å²) in [6.45, 7) is 8.35. The molecule has 3 fully saturated rings. The van der Waals surface area contributed by atoms with Gasteiger partial charge in [0.05, 0.1) is 10.2 Å². The molecular weight excluding hydrogens is 516 g/mol. The highest BCUT2D eigenvalue weighted by molar-refractivity contribution is 7.20. The molecule has 2 saturated heterocycles. The van der Waals surface area contributed by atoms with E-state index in [4.69, 9.17) is 14.2 Å². The predicted octanol–water partition coefficient (Wildman–Crippen LogP) is 4.81. The Bertz CT molecular complexity index is 1330. The number of benzene rings is 2. The lowest BCUT2D eigenvalue weighted by Crippen LogP contribution is -2.57. The molecule has 206 valence electrons. The standard InChI is InChI=1S/C29H34N4O5S/c1-28(2,3)38-26(35)31-29(12-13-29)25(34)33-18-19-16-20(33)17-32(19)14-15-36-21-8-10-22(11-9-21)37-27-30-23-6-4-5-7-24(23)39-27/h4-11,19-20H,12-18H2,1-3H3,(H,31,35)/t19?,20-/m0/s1. The van der Waals surface area contributed by atoms with Crippen LogP contribution < -0.4 is 14.8 Å². The number of piperazine rings is 1. The maximum atomic E-state index is 13.3.